The van der Waals surface area contributed by atoms with Gasteiger partial charge in [-0.25, -0.2) is 9.97 Å². The Labute approximate surface area is 119 Å². The molecule has 3 nitrogen and oxygen atoms in total. The van der Waals surface area contributed by atoms with E-state index in [1.165, 1.54) is 0 Å². The van der Waals surface area contributed by atoms with Gasteiger partial charge in [-0.05, 0) is 12.1 Å². The van der Waals surface area contributed by atoms with Crippen molar-refractivity contribution in [1.29, 1.82) is 0 Å². The lowest BCUT2D eigenvalue weighted by atomic mass is 10.2. The predicted octanol–water partition coefficient (Wildman–Crippen LogP) is 3.78. The van der Waals surface area contributed by atoms with E-state index in [2.05, 4.69) is 9.97 Å². The van der Waals surface area contributed by atoms with E-state index in [1.807, 2.05) is 0 Å². The van der Waals surface area contributed by atoms with Crippen molar-refractivity contribution in [1.82, 2.24) is 9.97 Å². The summed E-state index contributed by atoms with van der Waals surface area (Å²) in [6.07, 6.45) is 0. The number of nitrogens with zero attached hydrogens (tertiary/aromatic N) is 2. The van der Waals surface area contributed by atoms with Crippen LogP contribution < -0.4 is 5.73 Å². The van der Waals surface area contributed by atoms with Crippen molar-refractivity contribution in [2.75, 3.05) is 5.73 Å². The van der Waals surface area contributed by atoms with Crippen LogP contribution in [0.5, 0.6) is 0 Å². The fraction of sp³-hybridized carbons (Fsp3) is 0.167. The molecule has 1 aliphatic heterocycles. The molecule has 1 aromatic heterocycles. The standard InChI is InChI=1S/C12H9Cl2N3S/c13-7-2-1-3-8(14)10(7)12-16-9-5-18-4-6(9)11(15)17-12/h1-3H,4-5H2,(H2,15,16,17). The SMILES string of the molecule is Nc1nc(-c2c(Cl)cccc2Cl)nc2c1CSC2. The van der Waals surface area contributed by atoms with E-state index >= 15 is 0 Å². The van der Waals surface area contributed by atoms with Crippen molar-refractivity contribution >= 4 is 40.8 Å². The molecule has 0 spiro atoms. The Morgan fingerprint density at radius 3 is 2.56 bits per heavy atom. The van der Waals surface area contributed by atoms with Crippen LogP contribution in [0.4, 0.5) is 5.82 Å². The highest BCUT2D eigenvalue weighted by atomic mass is 35.5. The number of hydrogen-bond donors (Lipinski definition) is 1. The second-order valence-corrected chi connectivity index (χ2v) is 5.75. The first-order valence-electron chi connectivity index (χ1n) is 5.34. The summed E-state index contributed by atoms with van der Waals surface area (Å²) >= 11 is 14.1. The van der Waals surface area contributed by atoms with Gasteiger partial charge < -0.3 is 5.73 Å². The van der Waals surface area contributed by atoms with Crippen molar-refractivity contribution in [3.05, 3.63) is 39.5 Å². The fourth-order valence-corrected chi connectivity index (χ4v) is 3.52. The average Bonchev–Trinajstić information content (AvgIpc) is 2.77. The minimum absolute atomic E-state index is 0.504. The van der Waals surface area contributed by atoms with Crippen molar-refractivity contribution in [3.8, 4) is 11.4 Å². The molecule has 0 radical (unpaired) electrons. The lowest BCUT2D eigenvalue weighted by Crippen LogP contribution is -2.03. The summed E-state index contributed by atoms with van der Waals surface area (Å²) in [6, 6.07) is 5.33. The number of halogens is 2. The first-order chi connectivity index (χ1) is 8.66. The molecule has 0 atom stereocenters. The summed E-state index contributed by atoms with van der Waals surface area (Å²) in [5.74, 6) is 2.76. The van der Waals surface area contributed by atoms with Crippen LogP contribution in [-0.2, 0) is 11.5 Å². The molecule has 2 aromatic rings. The number of benzene rings is 1. The van der Waals surface area contributed by atoms with E-state index in [9.17, 15) is 0 Å². The maximum Gasteiger partial charge on any atom is 0.164 e. The zero-order valence-corrected chi connectivity index (χ0v) is 11.6. The van der Waals surface area contributed by atoms with Crippen LogP contribution >= 0.6 is 35.0 Å². The zero-order valence-electron chi connectivity index (χ0n) is 9.28. The van der Waals surface area contributed by atoms with E-state index in [-0.39, 0.29) is 0 Å². The molecule has 0 saturated carbocycles. The van der Waals surface area contributed by atoms with Crippen LogP contribution in [0.3, 0.4) is 0 Å². The Morgan fingerprint density at radius 1 is 1.11 bits per heavy atom. The van der Waals surface area contributed by atoms with Gasteiger partial charge in [0.05, 0.1) is 21.3 Å². The molecule has 1 aromatic carbocycles. The molecule has 18 heavy (non-hydrogen) atoms. The first-order valence-corrected chi connectivity index (χ1v) is 7.25. The van der Waals surface area contributed by atoms with Gasteiger partial charge in [-0.3, -0.25) is 0 Å². The molecule has 0 unspecified atom stereocenters. The Morgan fingerprint density at radius 2 is 1.83 bits per heavy atom. The lowest BCUT2D eigenvalue weighted by molar-refractivity contribution is 1.08. The van der Waals surface area contributed by atoms with Crippen LogP contribution in [0.15, 0.2) is 18.2 Å². The number of anilines is 1. The normalized spacial score (nSPS) is 13.7. The van der Waals surface area contributed by atoms with Gasteiger partial charge >= 0.3 is 0 Å². The van der Waals surface area contributed by atoms with Crippen molar-refractivity contribution in [3.63, 3.8) is 0 Å². The van der Waals surface area contributed by atoms with Crippen molar-refractivity contribution in [2.24, 2.45) is 0 Å². The molecule has 2 N–H and O–H groups in total. The quantitative estimate of drug-likeness (QED) is 0.870. The van der Waals surface area contributed by atoms with E-state index in [0.717, 1.165) is 22.8 Å². The van der Waals surface area contributed by atoms with Gasteiger partial charge in [0.25, 0.3) is 0 Å². The minimum Gasteiger partial charge on any atom is -0.383 e. The van der Waals surface area contributed by atoms with Crippen molar-refractivity contribution in [2.45, 2.75) is 11.5 Å². The summed E-state index contributed by atoms with van der Waals surface area (Å²) in [4.78, 5) is 8.85. The number of rotatable bonds is 1. The lowest BCUT2D eigenvalue weighted by Gasteiger charge is -2.09. The monoisotopic (exact) mass is 297 g/mol. The molecular formula is C12H9Cl2N3S. The molecule has 0 saturated heterocycles. The summed E-state index contributed by atoms with van der Waals surface area (Å²) in [6.45, 7) is 0. The molecular weight excluding hydrogens is 289 g/mol. The van der Waals surface area contributed by atoms with Gasteiger partial charge in [0.2, 0.25) is 0 Å². The topological polar surface area (TPSA) is 51.8 Å². The molecule has 1 aliphatic rings. The number of aromatic nitrogens is 2. The highest BCUT2D eigenvalue weighted by Crippen LogP contribution is 2.37. The number of nitrogen functional groups attached to an aromatic ring is 1. The summed E-state index contributed by atoms with van der Waals surface area (Å²) < 4.78 is 0. The zero-order chi connectivity index (χ0) is 12.7. The average molecular weight is 298 g/mol. The largest absolute Gasteiger partial charge is 0.383 e. The second-order valence-electron chi connectivity index (χ2n) is 3.95. The third-order valence-corrected chi connectivity index (χ3v) is 4.40. The third-order valence-electron chi connectivity index (χ3n) is 2.80. The molecule has 92 valence electrons. The third kappa shape index (κ3) is 1.94. The Kier molecular flexibility index (Phi) is 3.09. The van der Waals surface area contributed by atoms with E-state index in [0.29, 0.717) is 27.3 Å². The van der Waals surface area contributed by atoms with Gasteiger partial charge in [-0.1, -0.05) is 29.3 Å². The van der Waals surface area contributed by atoms with Crippen molar-refractivity contribution < 1.29 is 0 Å². The molecule has 0 amide bonds. The Bertz CT molecular complexity index is 611. The van der Waals surface area contributed by atoms with E-state index < -0.39 is 0 Å². The molecule has 2 heterocycles. The van der Waals surface area contributed by atoms with E-state index in [1.54, 1.807) is 30.0 Å². The van der Waals surface area contributed by atoms with Gasteiger partial charge in [-0.15, -0.1) is 0 Å². The molecule has 3 rings (SSSR count). The van der Waals surface area contributed by atoms with Crippen LogP contribution in [0.2, 0.25) is 10.0 Å². The van der Waals surface area contributed by atoms with Gasteiger partial charge in [-0.2, -0.15) is 11.8 Å². The van der Waals surface area contributed by atoms with E-state index in [4.69, 9.17) is 28.9 Å². The first kappa shape index (κ1) is 12.1. The summed E-state index contributed by atoms with van der Waals surface area (Å²) in [7, 11) is 0. The van der Waals surface area contributed by atoms with Crippen LogP contribution in [0.25, 0.3) is 11.4 Å². The summed E-state index contributed by atoms with van der Waals surface area (Å²) in [5.41, 5.74) is 8.62. The highest BCUT2D eigenvalue weighted by molar-refractivity contribution is 7.98. The highest BCUT2D eigenvalue weighted by Gasteiger charge is 2.20. The minimum atomic E-state index is 0.504. The van der Waals surface area contributed by atoms with Crippen LogP contribution in [-0.4, -0.2) is 9.97 Å². The maximum absolute atomic E-state index is 6.16. The van der Waals surface area contributed by atoms with Gasteiger partial charge in [0.15, 0.2) is 5.82 Å². The smallest absolute Gasteiger partial charge is 0.164 e. The van der Waals surface area contributed by atoms with Gasteiger partial charge in [0.1, 0.15) is 5.82 Å². The Hall–Kier alpha value is -0.970. The summed E-state index contributed by atoms with van der Waals surface area (Å²) in [5, 5.41) is 1.07. The second kappa shape index (κ2) is 4.61. The Balaban J connectivity index is 2.21. The maximum atomic E-state index is 6.16. The molecule has 6 heteroatoms. The molecule has 0 aliphatic carbocycles. The predicted molar refractivity (Wildman–Crippen MR) is 76.9 cm³/mol. The van der Waals surface area contributed by atoms with Crippen LogP contribution in [0.1, 0.15) is 11.3 Å². The van der Waals surface area contributed by atoms with Crippen LogP contribution in [0, 0.1) is 0 Å². The number of nitrogens with two attached hydrogens (primary N) is 1. The van der Waals surface area contributed by atoms with Gasteiger partial charge in [0, 0.05) is 17.1 Å². The number of fused-ring (bicyclic) bond motifs is 1. The molecule has 0 bridgehead atoms. The molecule has 0 fully saturated rings. The number of thioether (sulfide) groups is 1. The fourth-order valence-electron chi connectivity index (χ4n) is 1.90. The number of hydrogen-bond acceptors (Lipinski definition) is 4.